The highest BCUT2D eigenvalue weighted by atomic mass is 32.1. The molecule has 3 heteroatoms. The van der Waals surface area contributed by atoms with Crippen molar-refractivity contribution in [1.29, 1.82) is 0 Å². The second kappa shape index (κ2) is 6.18. The standard InChI is InChI=1S/C15H25NOS/c1-4-12-7-8-13(18-12)11-14(16-2)15(17-3)9-5-6-10-15/h7-8,14,16H,4-6,9-11H2,1-3H3. The molecule has 0 amide bonds. The topological polar surface area (TPSA) is 21.3 Å². The van der Waals surface area contributed by atoms with Crippen LogP contribution in [-0.2, 0) is 17.6 Å². The highest BCUT2D eigenvalue weighted by Crippen LogP contribution is 2.37. The van der Waals surface area contributed by atoms with Crippen LogP contribution in [0.3, 0.4) is 0 Å². The van der Waals surface area contributed by atoms with Crippen molar-refractivity contribution in [3.63, 3.8) is 0 Å². The second-order valence-electron chi connectivity index (χ2n) is 5.24. The Morgan fingerprint density at radius 2 is 2.00 bits per heavy atom. The monoisotopic (exact) mass is 267 g/mol. The maximum absolute atomic E-state index is 5.90. The second-order valence-corrected chi connectivity index (χ2v) is 6.50. The molecule has 1 fully saturated rings. The normalized spacial score (nSPS) is 20.2. The third kappa shape index (κ3) is 2.79. The fourth-order valence-corrected chi connectivity index (χ4v) is 4.15. The van der Waals surface area contributed by atoms with Crippen LogP contribution in [0, 0.1) is 0 Å². The van der Waals surface area contributed by atoms with Crippen LogP contribution in [0.1, 0.15) is 42.4 Å². The molecule has 1 unspecified atom stereocenters. The van der Waals surface area contributed by atoms with E-state index >= 15 is 0 Å². The number of hydrogen-bond donors (Lipinski definition) is 1. The summed E-state index contributed by atoms with van der Waals surface area (Å²) >= 11 is 1.95. The lowest BCUT2D eigenvalue weighted by molar-refractivity contribution is -0.0334. The van der Waals surface area contributed by atoms with Gasteiger partial charge in [0.05, 0.1) is 5.60 Å². The fraction of sp³-hybridized carbons (Fsp3) is 0.733. The van der Waals surface area contributed by atoms with Gasteiger partial charge in [-0.15, -0.1) is 11.3 Å². The zero-order chi connectivity index (χ0) is 13.0. The summed E-state index contributed by atoms with van der Waals surface area (Å²) in [5, 5.41) is 3.49. The van der Waals surface area contributed by atoms with Crippen molar-refractivity contribution in [2.75, 3.05) is 14.2 Å². The van der Waals surface area contributed by atoms with Gasteiger partial charge in [-0.3, -0.25) is 0 Å². The average Bonchev–Trinajstić information content (AvgIpc) is 3.05. The molecule has 0 radical (unpaired) electrons. The van der Waals surface area contributed by atoms with E-state index in [1.54, 1.807) is 0 Å². The molecule has 0 aliphatic heterocycles. The van der Waals surface area contributed by atoms with Crippen LogP contribution in [0.4, 0.5) is 0 Å². The molecule has 0 saturated heterocycles. The summed E-state index contributed by atoms with van der Waals surface area (Å²) in [6.45, 7) is 2.22. The van der Waals surface area contributed by atoms with Crippen molar-refractivity contribution in [3.8, 4) is 0 Å². The largest absolute Gasteiger partial charge is 0.377 e. The molecule has 2 nitrogen and oxygen atoms in total. The van der Waals surface area contributed by atoms with Gasteiger partial charge in [0.1, 0.15) is 0 Å². The summed E-state index contributed by atoms with van der Waals surface area (Å²) in [5.41, 5.74) is 0.0606. The summed E-state index contributed by atoms with van der Waals surface area (Å²) in [7, 11) is 3.94. The first-order chi connectivity index (χ1) is 8.74. The van der Waals surface area contributed by atoms with Crippen LogP contribution in [0.15, 0.2) is 12.1 Å². The van der Waals surface area contributed by atoms with E-state index in [0.717, 1.165) is 12.8 Å². The molecule has 1 atom stereocenters. The Morgan fingerprint density at radius 1 is 1.33 bits per heavy atom. The van der Waals surface area contributed by atoms with Gasteiger partial charge in [-0.2, -0.15) is 0 Å². The molecule has 0 spiro atoms. The molecule has 18 heavy (non-hydrogen) atoms. The van der Waals surface area contributed by atoms with Gasteiger partial charge < -0.3 is 10.1 Å². The molecule has 102 valence electrons. The molecular formula is C15H25NOS. The number of aryl methyl sites for hydroxylation is 1. The smallest absolute Gasteiger partial charge is 0.0834 e. The van der Waals surface area contributed by atoms with Crippen molar-refractivity contribution in [3.05, 3.63) is 21.9 Å². The molecular weight excluding hydrogens is 242 g/mol. The summed E-state index contributed by atoms with van der Waals surface area (Å²) in [6, 6.07) is 4.99. The van der Waals surface area contributed by atoms with Gasteiger partial charge in [-0.25, -0.2) is 0 Å². The minimum absolute atomic E-state index is 0.0606. The van der Waals surface area contributed by atoms with E-state index in [-0.39, 0.29) is 5.60 Å². The third-order valence-corrected chi connectivity index (χ3v) is 5.56. The molecule has 1 N–H and O–H groups in total. The minimum atomic E-state index is 0.0606. The number of nitrogens with one attached hydrogen (secondary N) is 1. The van der Waals surface area contributed by atoms with E-state index in [0.29, 0.717) is 6.04 Å². The molecule has 0 aromatic carbocycles. The van der Waals surface area contributed by atoms with Crippen molar-refractivity contribution in [2.24, 2.45) is 0 Å². The van der Waals surface area contributed by atoms with Gasteiger partial charge >= 0.3 is 0 Å². The van der Waals surface area contributed by atoms with Crippen LogP contribution in [-0.4, -0.2) is 25.8 Å². The number of ether oxygens (including phenoxy) is 1. The Labute approximate surface area is 115 Å². The quantitative estimate of drug-likeness (QED) is 0.853. The zero-order valence-electron chi connectivity index (χ0n) is 11.8. The van der Waals surface area contributed by atoms with Crippen LogP contribution in [0.25, 0.3) is 0 Å². The molecule has 2 rings (SSSR count). The first kappa shape index (κ1) is 14.0. The summed E-state index contributed by atoms with van der Waals surface area (Å²) in [5.74, 6) is 0. The lowest BCUT2D eigenvalue weighted by atomic mass is 9.89. The van der Waals surface area contributed by atoms with Crippen LogP contribution in [0.2, 0.25) is 0 Å². The number of likely N-dealkylation sites (N-methyl/N-ethyl adjacent to an activating group) is 1. The van der Waals surface area contributed by atoms with Gasteiger partial charge in [0.25, 0.3) is 0 Å². The average molecular weight is 267 g/mol. The number of rotatable bonds is 6. The first-order valence-corrected chi connectivity index (χ1v) is 7.85. The van der Waals surface area contributed by atoms with E-state index in [1.165, 1.54) is 35.4 Å². The lowest BCUT2D eigenvalue weighted by Gasteiger charge is -2.36. The van der Waals surface area contributed by atoms with E-state index in [1.807, 2.05) is 18.4 Å². The number of methoxy groups -OCH3 is 1. The Hall–Kier alpha value is -0.380. The predicted molar refractivity (Wildman–Crippen MR) is 78.5 cm³/mol. The van der Waals surface area contributed by atoms with E-state index in [9.17, 15) is 0 Å². The SMILES string of the molecule is CCc1ccc(CC(NC)C2(OC)CCCC2)s1. The minimum Gasteiger partial charge on any atom is -0.377 e. The van der Waals surface area contributed by atoms with E-state index < -0.39 is 0 Å². The van der Waals surface area contributed by atoms with Crippen molar-refractivity contribution >= 4 is 11.3 Å². The maximum Gasteiger partial charge on any atom is 0.0834 e. The number of hydrogen-bond acceptors (Lipinski definition) is 3. The maximum atomic E-state index is 5.90. The highest BCUT2D eigenvalue weighted by Gasteiger charge is 2.40. The van der Waals surface area contributed by atoms with Crippen molar-refractivity contribution < 1.29 is 4.74 Å². The van der Waals surface area contributed by atoms with Crippen molar-refractivity contribution in [1.82, 2.24) is 5.32 Å². The number of thiophene rings is 1. The first-order valence-electron chi connectivity index (χ1n) is 7.04. The van der Waals surface area contributed by atoms with Gasteiger partial charge in [-0.1, -0.05) is 19.8 Å². The van der Waals surface area contributed by atoms with Gasteiger partial charge in [0.2, 0.25) is 0 Å². The summed E-state index contributed by atoms with van der Waals surface area (Å²) < 4.78 is 5.90. The van der Waals surface area contributed by atoms with Crippen LogP contribution < -0.4 is 5.32 Å². The Balaban J connectivity index is 2.08. The highest BCUT2D eigenvalue weighted by molar-refractivity contribution is 7.11. The van der Waals surface area contributed by atoms with E-state index in [4.69, 9.17) is 4.74 Å². The fourth-order valence-electron chi connectivity index (χ4n) is 3.14. The van der Waals surface area contributed by atoms with Crippen LogP contribution >= 0.6 is 11.3 Å². The van der Waals surface area contributed by atoms with Crippen LogP contribution in [0.5, 0.6) is 0 Å². The molecule has 1 aromatic heterocycles. The molecule has 1 heterocycles. The van der Waals surface area contributed by atoms with Gasteiger partial charge in [-0.05, 0) is 44.9 Å². The summed E-state index contributed by atoms with van der Waals surface area (Å²) in [4.78, 5) is 2.97. The van der Waals surface area contributed by atoms with E-state index in [2.05, 4.69) is 31.4 Å². The predicted octanol–water partition coefficient (Wildman–Crippen LogP) is 3.40. The van der Waals surface area contributed by atoms with Gasteiger partial charge in [0, 0.05) is 22.9 Å². The molecule has 1 aliphatic rings. The molecule has 1 saturated carbocycles. The zero-order valence-corrected chi connectivity index (χ0v) is 12.6. The molecule has 0 bridgehead atoms. The Bertz CT molecular complexity index is 368. The Kier molecular flexibility index (Phi) is 4.82. The third-order valence-electron chi connectivity index (χ3n) is 4.31. The van der Waals surface area contributed by atoms with Crippen molar-refractivity contribution in [2.45, 2.75) is 57.1 Å². The molecule has 1 aromatic rings. The van der Waals surface area contributed by atoms with Gasteiger partial charge in [0.15, 0.2) is 0 Å². The Morgan fingerprint density at radius 3 is 2.50 bits per heavy atom. The summed E-state index contributed by atoms with van der Waals surface area (Å²) in [6.07, 6.45) is 7.23. The molecule has 1 aliphatic carbocycles. The lowest BCUT2D eigenvalue weighted by Crippen LogP contribution is -2.50.